The Bertz CT molecular complexity index is 2430. The highest BCUT2D eigenvalue weighted by Crippen LogP contribution is 2.63. The summed E-state index contributed by atoms with van der Waals surface area (Å²) >= 11 is 5.56. The lowest BCUT2D eigenvalue weighted by Crippen LogP contribution is -2.25. The van der Waals surface area contributed by atoms with Crippen LogP contribution in [-0.4, -0.2) is 0 Å². The molecule has 0 aliphatic heterocycles. The number of hydrogen-bond acceptors (Lipinski definition) is 1. The molecule has 2 aliphatic carbocycles. The first-order chi connectivity index (χ1) is 21.2. The van der Waals surface area contributed by atoms with Crippen LogP contribution in [0.15, 0.2) is 144 Å². The lowest BCUT2D eigenvalue weighted by atomic mass is 9.70. The monoisotopic (exact) mass is 626 g/mol. The van der Waals surface area contributed by atoms with Crippen LogP contribution in [0, 0.1) is 0 Å². The van der Waals surface area contributed by atoms with Crippen LogP contribution in [0.1, 0.15) is 22.3 Å². The summed E-state index contributed by atoms with van der Waals surface area (Å²) in [5.41, 5.74) is 13.1. The number of thiophene rings is 1. The molecule has 0 atom stereocenters. The first kappa shape index (κ1) is 24.0. The zero-order valence-electron chi connectivity index (χ0n) is 23.1. The molecule has 7 aromatic carbocycles. The predicted octanol–water partition coefficient (Wildman–Crippen LogP) is 12.0. The molecule has 8 aromatic rings. The Labute approximate surface area is 262 Å². The van der Waals surface area contributed by atoms with Crippen molar-refractivity contribution in [3.63, 3.8) is 0 Å². The molecule has 0 fully saturated rings. The first-order valence-electron chi connectivity index (χ1n) is 14.7. The molecule has 43 heavy (non-hydrogen) atoms. The summed E-state index contributed by atoms with van der Waals surface area (Å²) in [6, 6.07) is 52.5. The number of fused-ring (bicyclic) bond motifs is 14. The molecule has 0 unspecified atom stereocenters. The lowest BCUT2D eigenvalue weighted by Gasteiger charge is -2.30. The molecule has 0 N–H and O–H groups in total. The van der Waals surface area contributed by atoms with Gasteiger partial charge in [-0.15, -0.1) is 11.3 Å². The molecular weight excluding hydrogens is 604 g/mol. The van der Waals surface area contributed by atoms with E-state index in [2.05, 4.69) is 155 Å². The van der Waals surface area contributed by atoms with E-state index in [1.54, 1.807) is 0 Å². The molecular formula is C41H23BrS. The van der Waals surface area contributed by atoms with E-state index in [9.17, 15) is 0 Å². The largest absolute Gasteiger partial charge is 0.135 e. The molecule has 10 rings (SSSR count). The smallest absolute Gasteiger partial charge is 0.0725 e. The molecule has 1 heterocycles. The van der Waals surface area contributed by atoms with Crippen LogP contribution < -0.4 is 0 Å². The molecule has 1 spiro atoms. The van der Waals surface area contributed by atoms with Gasteiger partial charge < -0.3 is 0 Å². The van der Waals surface area contributed by atoms with Gasteiger partial charge in [0.25, 0.3) is 0 Å². The summed E-state index contributed by atoms with van der Waals surface area (Å²) in [7, 11) is 0. The highest BCUT2D eigenvalue weighted by molar-refractivity contribution is 9.10. The van der Waals surface area contributed by atoms with Gasteiger partial charge in [0.05, 0.1) is 5.41 Å². The van der Waals surface area contributed by atoms with Crippen molar-refractivity contribution in [1.82, 2.24) is 0 Å². The third-order valence-electron chi connectivity index (χ3n) is 9.74. The molecule has 0 bridgehead atoms. The van der Waals surface area contributed by atoms with E-state index in [0.717, 1.165) is 4.47 Å². The summed E-state index contributed by atoms with van der Waals surface area (Å²) in [4.78, 5) is 0. The average molecular weight is 628 g/mol. The minimum Gasteiger partial charge on any atom is -0.135 e. The van der Waals surface area contributed by atoms with Gasteiger partial charge in [0.1, 0.15) is 0 Å². The van der Waals surface area contributed by atoms with E-state index in [0.29, 0.717) is 0 Å². The molecule has 0 saturated carbocycles. The third kappa shape index (κ3) is 3.05. The molecule has 0 amide bonds. The highest BCUT2D eigenvalue weighted by Gasteiger charge is 2.51. The molecule has 0 radical (unpaired) electrons. The van der Waals surface area contributed by atoms with Gasteiger partial charge in [-0.25, -0.2) is 0 Å². The van der Waals surface area contributed by atoms with Crippen molar-refractivity contribution in [3.05, 3.63) is 166 Å². The van der Waals surface area contributed by atoms with Crippen LogP contribution in [-0.2, 0) is 5.41 Å². The van der Waals surface area contributed by atoms with Crippen LogP contribution in [0.25, 0.3) is 64.3 Å². The van der Waals surface area contributed by atoms with Crippen molar-refractivity contribution in [2.45, 2.75) is 5.41 Å². The summed E-state index contributed by atoms with van der Waals surface area (Å²) in [6.45, 7) is 0. The van der Waals surface area contributed by atoms with Crippen LogP contribution >= 0.6 is 27.3 Å². The van der Waals surface area contributed by atoms with Gasteiger partial charge in [-0.2, -0.15) is 0 Å². The van der Waals surface area contributed by atoms with Gasteiger partial charge >= 0.3 is 0 Å². The maximum atomic E-state index is 3.70. The molecule has 0 saturated heterocycles. The quantitative estimate of drug-likeness (QED) is 0.170. The van der Waals surface area contributed by atoms with E-state index in [4.69, 9.17) is 0 Å². The second-order valence-corrected chi connectivity index (χ2v) is 13.8. The van der Waals surface area contributed by atoms with Crippen molar-refractivity contribution in [2.75, 3.05) is 0 Å². The number of halogens is 1. The van der Waals surface area contributed by atoms with E-state index in [-0.39, 0.29) is 5.41 Å². The third-order valence-corrected chi connectivity index (χ3v) is 11.4. The van der Waals surface area contributed by atoms with Crippen molar-refractivity contribution in [3.8, 4) is 33.4 Å². The minimum absolute atomic E-state index is 0.333. The van der Waals surface area contributed by atoms with Gasteiger partial charge in [-0.1, -0.05) is 113 Å². The topological polar surface area (TPSA) is 0 Å². The van der Waals surface area contributed by atoms with Gasteiger partial charge in [0.15, 0.2) is 0 Å². The predicted molar refractivity (Wildman–Crippen MR) is 186 cm³/mol. The van der Waals surface area contributed by atoms with E-state index in [1.807, 2.05) is 11.3 Å². The maximum Gasteiger partial charge on any atom is 0.0725 e. The summed E-state index contributed by atoms with van der Waals surface area (Å²) in [5, 5.41) is 5.21. The Morgan fingerprint density at radius 2 is 1.00 bits per heavy atom. The normalized spacial score (nSPS) is 13.9. The Kier molecular flexibility index (Phi) is 4.76. The van der Waals surface area contributed by atoms with Crippen LogP contribution in [0.2, 0.25) is 0 Å². The Morgan fingerprint density at radius 1 is 0.419 bits per heavy atom. The van der Waals surface area contributed by atoms with E-state index >= 15 is 0 Å². The van der Waals surface area contributed by atoms with E-state index < -0.39 is 0 Å². The fourth-order valence-corrected chi connectivity index (χ4v) is 9.46. The molecule has 1 aromatic heterocycles. The maximum absolute atomic E-state index is 3.70. The average Bonchev–Trinajstić information content (AvgIpc) is 3.67. The zero-order valence-corrected chi connectivity index (χ0v) is 25.5. The zero-order chi connectivity index (χ0) is 28.3. The van der Waals surface area contributed by atoms with Crippen LogP contribution in [0.3, 0.4) is 0 Å². The Hall–Kier alpha value is -4.50. The SMILES string of the molecule is Brc1ccc2sc3ccc(-c4cccc5cc6c(cc45)C4(c5ccccc5-c5ccccc54)c4ccccc4-6)cc3c2c1. The van der Waals surface area contributed by atoms with E-state index in [1.165, 1.54) is 86.6 Å². The van der Waals surface area contributed by atoms with Gasteiger partial charge in [0, 0.05) is 24.6 Å². The second kappa shape index (κ2) is 8.54. The molecule has 0 nitrogen and oxygen atoms in total. The summed E-state index contributed by atoms with van der Waals surface area (Å²) in [6.07, 6.45) is 0. The number of rotatable bonds is 1. The Balaban J connectivity index is 1.30. The van der Waals surface area contributed by atoms with Gasteiger partial charge in [-0.05, 0) is 109 Å². The minimum atomic E-state index is -0.333. The van der Waals surface area contributed by atoms with Crippen molar-refractivity contribution in [2.24, 2.45) is 0 Å². The van der Waals surface area contributed by atoms with Gasteiger partial charge in [0.2, 0.25) is 0 Å². The fourth-order valence-electron chi connectivity index (χ4n) is 8.03. The van der Waals surface area contributed by atoms with Crippen LogP contribution in [0.4, 0.5) is 0 Å². The summed E-state index contributed by atoms with van der Waals surface area (Å²) < 4.78 is 3.77. The Morgan fingerprint density at radius 3 is 1.70 bits per heavy atom. The fraction of sp³-hybridized carbons (Fsp3) is 0.0244. The van der Waals surface area contributed by atoms with Crippen molar-refractivity contribution < 1.29 is 0 Å². The molecule has 2 heteroatoms. The number of hydrogen-bond donors (Lipinski definition) is 0. The van der Waals surface area contributed by atoms with Crippen molar-refractivity contribution in [1.29, 1.82) is 0 Å². The molecule has 200 valence electrons. The second-order valence-electron chi connectivity index (χ2n) is 11.8. The highest BCUT2D eigenvalue weighted by atomic mass is 79.9. The standard InChI is InChI=1S/C41H23BrS/c42-26-17-19-40-34(22-26)33-21-25(16-18-39(33)43-40)27-12-7-8-24-20-32-30-11-3-6-15-37(30)41(38(32)23-31(24)27)35-13-4-1-9-28(35)29-10-2-5-14-36(29)41/h1-23H. The van der Waals surface area contributed by atoms with Crippen LogP contribution in [0.5, 0.6) is 0 Å². The van der Waals surface area contributed by atoms with Crippen molar-refractivity contribution >= 4 is 58.2 Å². The summed E-state index contributed by atoms with van der Waals surface area (Å²) in [5.74, 6) is 0. The molecule has 2 aliphatic rings. The first-order valence-corrected chi connectivity index (χ1v) is 16.3. The van der Waals surface area contributed by atoms with Gasteiger partial charge in [-0.3, -0.25) is 0 Å². The lowest BCUT2D eigenvalue weighted by molar-refractivity contribution is 0.795. The number of benzene rings is 7.